The zero-order valence-corrected chi connectivity index (χ0v) is 14.4. The lowest BCUT2D eigenvalue weighted by atomic mass is 10.1. The van der Waals surface area contributed by atoms with E-state index in [-0.39, 0.29) is 18.7 Å². The number of unbranched alkanes of at least 4 members (excludes halogenated alkanes) is 1. The van der Waals surface area contributed by atoms with E-state index in [2.05, 4.69) is 5.32 Å². The number of carbonyl (C=O) groups is 3. The van der Waals surface area contributed by atoms with Gasteiger partial charge in [-0.1, -0.05) is 30.3 Å². The van der Waals surface area contributed by atoms with E-state index in [1.54, 1.807) is 45.0 Å². The number of nitrogens with one attached hydrogen (secondary N) is 1. The Hall–Kier alpha value is -2.37. The normalized spacial score (nSPS) is 12.3. The summed E-state index contributed by atoms with van der Waals surface area (Å²) in [6.45, 7) is 5.29. The van der Waals surface area contributed by atoms with Gasteiger partial charge in [-0.25, -0.2) is 4.79 Å². The van der Waals surface area contributed by atoms with E-state index in [1.165, 1.54) is 0 Å². The van der Waals surface area contributed by atoms with Gasteiger partial charge < -0.3 is 15.2 Å². The van der Waals surface area contributed by atoms with Crippen LogP contribution in [0.2, 0.25) is 0 Å². The van der Waals surface area contributed by atoms with Crippen LogP contribution in [0, 0.1) is 0 Å². The summed E-state index contributed by atoms with van der Waals surface area (Å²) in [5, 5.41) is 11.3. The van der Waals surface area contributed by atoms with Crippen molar-refractivity contribution in [2.45, 2.75) is 58.1 Å². The SMILES string of the molecule is CC(C)(C)OC(=O)[C@@H](NC(=O)CCCCC(=O)O)c1ccccc1. The van der Waals surface area contributed by atoms with E-state index in [0.29, 0.717) is 18.4 Å². The smallest absolute Gasteiger partial charge is 0.333 e. The molecule has 132 valence electrons. The van der Waals surface area contributed by atoms with Gasteiger partial charge in [0.25, 0.3) is 0 Å². The molecule has 1 amide bonds. The molecule has 6 heteroatoms. The van der Waals surface area contributed by atoms with Gasteiger partial charge in [-0.3, -0.25) is 9.59 Å². The van der Waals surface area contributed by atoms with Crippen LogP contribution in [-0.4, -0.2) is 28.6 Å². The number of carboxylic acid groups (broad SMARTS) is 1. The number of hydrogen-bond donors (Lipinski definition) is 2. The summed E-state index contributed by atoms with van der Waals surface area (Å²) >= 11 is 0. The highest BCUT2D eigenvalue weighted by molar-refractivity contribution is 5.85. The summed E-state index contributed by atoms with van der Waals surface area (Å²) in [5.41, 5.74) is -0.0123. The van der Waals surface area contributed by atoms with Gasteiger partial charge in [0.1, 0.15) is 5.60 Å². The molecule has 6 nitrogen and oxygen atoms in total. The maximum absolute atomic E-state index is 12.4. The predicted molar refractivity (Wildman–Crippen MR) is 89.3 cm³/mol. The number of rotatable bonds is 8. The first kappa shape index (κ1) is 19.7. The summed E-state index contributed by atoms with van der Waals surface area (Å²) in [6, 6.07) is 8.01. The first-order valence-electron chi connectivity index (χ1n) is 7.98. The molecular weight excluding hydrogens is 310 g/mol. The van der Waals surface area contributed by atoms with Crippen LogP contribution >= 0.6 is 0 Å². The summed E-state index contributed by atoms with van der Waals surface area (Å²) < 4.78 is 5.38. The largest absolute Gasteiger partial charge is 0.481 e. The van der Waals surface area contributed by atoms with Crippen LogP contribution in [0.5, 0.6) is 0 Å². The van der Waals surface area contributed by atoms with Gasteiger partial charge in [0, 0.05) is 12.8 Å². The fraction of sp³-hybridized carbons (Fsp3) is 0.500. The Morgan fingerprint density at radius 1 is 1.08 bits per heavy atom. The molecule has 0 bridgehead atoms. The zero-order chi connectivity index (χ0) is 18.2. The monoisotopic (exact) mass is 335 g/mol. The van der Waals surface area contributed by atoms with Crippen LogP contribution in [0.1, 0.15) is 58.1 Å². The maximum atomic E-state index is 12.4. The van der Waals surface area contributed by atoms with Gasteiger partial charge >= 0.3 is 11.9 Å². The van der Waals surface area contributed by atoms with E-state index < -0.39 is 23.6 Å². The highest BCUT2D eigenvalue weighted by Gasteiger charge is 2.27. The third-order valence-corrected chi connectivity index (χ3v) is 3.13. The Balaban J connectivity index is 2.70. The molecule has 1 aromatic rings. The molecule has 1 atom stereocenters. The third kappa shape index (κ3) is 7.76. The zero-order valence-electron chi connectivity index (χ0n) is 14.4. The Morgan fingerprint density at radius 2 is 1.67 bits per heavy atom. The van der Waals surface area contributed by atoms with Gasteiger partial charge in [0.2, 0.25) is 5.91 Å². The van der Waals surface area contributed by atoms with Crippen molar-refractivity contribution in [1.29, 1.82) is 0 Å². The highest BCUT2D eigenvalue weighted by atomic mass is 16.6. The summed E-state index contributed by atoms with van der Waals surface area (Å²) in [6.07, 6.45) is 1.07. The third-order valence-electron chi connectivity index (χ3n) is 3.13. The first-order chi connectivity index (χ1) is 11.2. The fourth-order valence-electron chi connectivity index (χ4n) is 2.08. The van der Waals surface area contributed by atoms with E-state index in [4.69, 9.17) is 9.84 Å². The summed E-state index contributed by atoms with van der Waals surface area (Å²) in [5.74, 6) is -1.71. The molecule has 0 aliphatic heterocycles. The maximum Gasteiger partial charge on any atom is 0.333 e. The number of esters is 1. The van der Waals surface area contributed by atoms with Crippen molar-refractivity contribution >= 4 is 17.8 Å². The van der Waals surface area contributed by atoms with Crippen LogP contribution in [-0.2, 0) is 19.1 Å². The molecule has 1 rings (SSSR count). The predicted octanol–water partition coefficient (Wildman–Crippen LogP) is 2.83. The van der Waals surface area contributed by atoms with E-state index in [0.717, 1.165) is 0 Å². The molecule has 0 aromatic heterocycles. The Morgan fingerprint density at radius 3 is 2.21 bits per heavy atom. The minimum absolute atomic E-state index is 0.0292. The standard InChI is InChI=1S/C18H25NO5/c1-18(2,3)24-17(23)16(13-9-5-4-6-10-13)19-14(20)11-7-8-12-15(21)22/h4-6,9-10,16H,7-8,11-12H2,1-3H3,(H,19,20)(H,21,22)/t16-/m0/s1. The molecule has 0 aliphatic carbocycles. The lowest BCUT2D eigenvalue weighted by Gasteiger charge is -2.25. The highest BCUT2D eigenvalue weighted by Crippen LogP contribution is 2.19. The second-order valence-corrected chi connectivity index (χ2v) is 6.55. The molecule has 0 saturated carbocycles. The number of carboxylic acids is 1. The Kier molecular flexibility index (Phi) is 7.42. The minimum atomic E-state index is -0.883. The van der Waals surface area contributed by atoms with Crippen molar-refractivity contribution in [1.82, 2.24) is 5.32 Å². The molecule has 0 fully saturated rings. The van der Waals surface area contributed by atoms with Crippen molar-refractivity contribution in [2.24, 2.45) is 0 Å². The van der Waals surface area contributed by atoms with Gasteiger partial charge in [-0.05, 0) is 39.2 Å². The molecular formula is C18H25NO5. The molecule has 1 aromatic carbocycles. The van der Waals surface area contributed by atoms with Crippen LogP contribution in [0.3, 0.4) is 0 Å². The van der Waals surface area contributed by atoms with Gasteiger partial charge in [-0.2, -0.15) is 0 Å². The molecule has 24 heavy (non-hydrogen) atoms. The molecule has 0 saturated heterocycles. The van der Waals surface area contributed by atoms with Crippen molar-refractivity contribution < 1.29 is 24.2 Å². The molecule has 0 radical (unpaired) electrons. The van der Waals surface area contributed by atoms with Crippen molar-refractivity contribution in [3.05, 3.63) is 35.9 Å². The Bertz CT molecular complexity index is 563. The van der Waals surface area contributed by atoms with Crippen LogP contribution < -0.4 is 5.32 Å². The second kappa shape index (κ2) is 9.05. The molecule has 0 heterocycles. The fourth-order valence-corrected chi connectivity index (χ4v) is 2.08. The molecule has 0 aliphatic rings. The lowest BCUT2D eigenvalue weighted by molar-refractivity contribution is -0.159. The number of ether oxygens (including phenoxy) is 1. The van der Waals surface area contributed by atoms with Crippen LogP contribution in [0.15, 0.2) is 30.3 Å². The minimum Gasteiger partial charge on any atom is -0.481 e. The molecule has 2 N–H and O–H groups in total. The Labute approximate surface area is 142 Å². The lowest BCUT2D eigenvalue weighted by Crippen LogP contribution is -2.38. The number of amides is 1. The number of benzene rings is 1. The summed E-state index contributed by atoms with van der Waals surface area (Å²) in [7, 11) is 0. The van der Waals surface area contributed by atoms with Crippen molar-refractivity contribution in [3.8, 4) is 0 Å². The van der Waals surface area contributed by atoms with Crippen molar-refractivity contribution in [3.63, 3.8) is 0 Å². The van der Waals surface area contributed by atoms with Gasteiger partial charge in [-0.15, -0.1) is 0 Å². The van der Waals surface area contributed by atoms with Crippen LogP contribution in [0.4, 0.5) is 0 Å². The summed E-state index contributed by atoms with van der Waals surface area (Å²) in [4.78, 5) is 34.9. The number of carbonyl (C=O) groups excluding carboxylic acids is 2. The van der Waals surface area contributed by atoms with Crippen molar-refractivity contribution in [2.75, 3.05) is 0 Å². The van der Waals surface area contributed by atoms with Gasteiger partial charge in [0.15, 0.2) is 6.04 Å². The molecule has 0 spiro atoms. The topological polar surface area (TPSA) is 92.7 Å². The van der Waals surface area contributed by atoms with E-state index in [9.17, 15) is 14.4 Å². The van der Waals surface area contributed by atoms with E-state index >= 15 is 0 Å². The number of aliphatic carboxylic acids is 1. The average Bonchev–Trinajstić information content (AvgIpc) is 2.48. The average molecular weight is 335 g/mol. The quantitative estimate of drug-likeness (QED) is 0.563. The first-order valence-corrected chi connectivity index (χ1v) is 7.98. The molecule has 0 unspecified atom stereocenters. The van der Waals surface area contributed by atoms with Gasteiger partial charge in [0.05, 0.1) is 0 Å². The van der Waals surface area contributed by atoms with E-state index in [1.807, 2.05) is 6.07 Å². The van der Waals surface area contributed by atoms with Crippen LogP contribution in [0.25, 0.3) is 0 Å². The second-order valence-electron chi connectivity index (χ2n) is 6.55. The number of hydrogen-bond acceptors (Lipinski definition) is 4.